The number of carbonyl (C=O) groups is 1. The Labute approximate surface area is 119 Å². The summed E-state index contributed by atoms with van der Waals surface area (Å²) >= 11 is 0. The zero-order chi connectivity index (χ0) is 14.2. The molecule has 2 aromatic rings. The van der Waals surface area contributed by atoms with E-state index < -0.39 is 6.04 Å². The molecule has 0 aromatic heterocycles. The van der Waals surface area contributed by atoms with Gasteiger partial charge in [0, 0.05) is 6.54 Å². The predicted octanol–water partition coefficient (Wildman–Crippen LogP) is 2.52. The molecule has 0 spiro atoms. The summed E-state index contributed by atoms with van der Waals surface area (Å²) in [5.74, 6) is -0.371. The number of nitrogens with two attached hydrogens (primary N) is 1. The van der Waals surface area contributed by atoms with Crippen LogP contribution in [0.3, 0.4) is 0 Å². The molecule has 1 atom stereocenters. The maximum atomic E-state index is 11.5. The molecule has 2 aromatic carbocycles. The summed E-state index contributed by atoms with van der Waals surface area (Å²) in [6.07, 6.45) is 3.99. The first-order valence-electron chi connectivity index (χ1n) is 6.56. The van der Waals surface area contributed by atoms with Crippen LogP contribution in [0.2, 0.25) is 0 Å². The van der Waals surface area contributed by atoms with Crippen molar-refractivity contribution in [2.24, 2.45) is 5.73 Å². The predicted molar refractivity (Wildman–Crippen MR) is 81.9 cm³/mol. The third-order valence-electron chi connectivity index (χ3n) is 2.97. The molecule has 0 saturated carbocycles. The molecule has 3 N–H and O–H groups in total. The highest BCUT2D eigenvalue weighted by molar-refractivity contribution is 5.81. The largest absolute Gasteiger partial charge is 0.368 e. The summed E-state index contributed by atoms with van der Waals surface area (Å²) in [6.45, 7) is 0.581. The van der Waals surface area contributed by atoms with E-state index in [2.05, 4.69) is 5.32 Å². The fourth-order valence-corrected chi connectivity index (χ4v) is 1.97. The smallest absolute Gasteiger partial charge is 0.239 e. The number of hydrogen-bond donors (Lipinski definition) is 2. The number of hydrogen-bond acceptors (Lipinski definition) is 2. The molecule has 20 heavy (non-hydrogen) atoms. The molecule has 0 aliphatic carbocycles. The third-order valence-corrected chi connectivity index (χ3v) is 2.97. The van der Waals surface area contributed by atoms with Crippen LogP contribution in [0, 0.1) is 0 Å². The molecule has 0 aliphatic heterocycles. The van der Waals surface area contributed by atoms with Gasteiger partial charge in [-0.05, 0) is 11.1 Å². The molecular formula is C17H18N2O. The summed E-state index contributed by atoms with van der Waals surface area (Å²) < 4.78 is 0. The van der Waals surface area contributed by atoms with Gasteiger partial charge < -0.3 is 5.73 Å². The number of nitrogens with one attached hydrogen (secondary N) is 1. The van der Waals surface area contributed by atoms with Crippen LogP contribution >= 0.6 is 0 Å². The summed E-state index contributed by atoms with van der Waals surface area (Å²) in [5, 5.41) is 3.14. The second-order valence-corrected chi connectivity index (χ2v) is 4.47. The van der Waals surface area contributed by atoms with E-state index in [0.717, 1.165) is 11.1 Å². The van der Waals surface area contributed by atoms with E-state index in [1.807, 2.05) is 72.8 Å². The lowest BCUT2D eigenvalue weighted by atomic mass is 10.1. The van der Waals surface area contributed by atoms with Crippen molar-refractivity contribution in [3.8, 4) is 0 Å². The summed E-state index contributed by atoms with van der Waals surface area (Å²) in [4.78, 5) is 11.5. The molecule has 0 aliphatic rings. The lowest BCUT2D eigenvalue weighted by Crippen LogP contribution is -2.33. The van der Waals surface area contributed by atoms with Crippen LogP contribution in [0.1, 0.15) is 17.2 Å². The molecule has 0 fully saturated rings. The zero-order valence-corrected chi connectivity index (χ0v) is 11.2. The zero-order valence-electron chi connectivity index (χ0n) is 11.2. The van der Waals surface area contributed by atoms with E-state index in [1.165, 1.54) is 0 Å². The Kier molecular flexibility index (Phi) is 5.09. The average molecular weight is 266 g/mol. The monoisotopic (exact) mass is 266 g/mol. The van der Waals surface area contributed by atoms with Crippen molar-refractivity contribution in [1.29, 1.82) is 0 Å². The Hall–Kier alpha value is -2.39. The van der Waals surface area contributed by atoms with Gasteiger partial charge in [0.15, 0.2) is 0 Å². The molecule has 0 heterocycles. The van der Waals surface area contributed by atoms with E-state index >= 15 is 0 Å². The Morgan fingerprint density at radius 1 is 1.05 bits per heavy atom. The summed E-state index contributed by atoms with van der Waals surface area (Å²) in [6, 6.07) is 19.0. The number of amides is 1. The number of primary amides is 1. The van der Waals surface area contributed by atoms with Crippen molar-refractivity contribution < 1.29 is 4.79 Å². The molecule has 0 unspecified atom stereocenters. The van der Waals surface area contributed by atoms with Crippen molar-refractivity contribution >= 4 is 12.0 Å². The van der Waals surface area contributed by atoms with Crippen LogP contribution in [-0.4, -0.2) is 12.5 Å². The Morgan fingerprint density at radius 2 is 1.65 bits per heavy atom. The van der Waals surface area contributed by atoms with E-state index in [9.17, 15) is 4.79 Å². The first-order valence-corrected chi connectivity index (χ1v) is 6.56. The van der Waals surface area contributed by atoms with E-state index in [-0.39, 0.29) is 5.91 Å². The van der Waals surface area contributed by atoms with Crippen molar-refractivity contribution in [2.75, 3.05) is 6.54 Å². The van der Waals surface area contributed by atoms with Gasteiger partial charge in [0.2, 0.25) is 5.91 Å². The molecular weight excluding hydrogens is 248 g/mol. The Bertz CT molecular complexity index is 564. The van der Waals surface area contributed by atoms with Gasteiger partial charge in [-0.2, -0.15) is 0 Å². The minimum atomic E-state index is -0.461. The molecule has 3 nitrogen and oxygen atoms in total. The molecule has 0 radical (unpaired) electrons. The number of carbonyl (C=O) groups excluding carboxylic acids is 1. The third kappa shape index (κ3) is 4.07. The van der Waals surface area contributed by atoms with Crippen molar-refractivity contribution in [3.05, 3.63) is 77.9 Å². The minimum Gasteiger partial charge on any atom is -0.368 e. The fourth-order valence-electron chi connectivity index (χ4n) is 1.97. The van der Waals surface area contributed by atoms with Crippen molar-refractivity contribution in [2.45, 2.75) is 6.04 Å². The second-order valence-electron chi connectivity index (χ2n) is 4.47. The first kappa shape index (κ1) is 14.0. The molecule has 0 bridgehead atoms. The maximum absolute atomic E-state index is 11.5. The molecule has 102 valence electrons. The van der Waals surface area contributed by atoms with E-state index in [0.29, 0.717) is 6.54 Å². The highest BCUT2D eigenvalue weighted by atomic mass is 16.1. The van der Waals surface area contributed by atoms with Gasteiger partial charge in [-0.3, -0.25) is 10.1 Å². The van der Waals surface area contributed by atoms with Crippen molar-refractivity contribution in [1.82, 2.24) is 5.32 Å². The number of rotatable bonds is 6. The van der Waals surface area contributed by atoms with Crippen LogP contribution in [0.4, 0.5) is 0 Å². The topological polar surface area (TPSA) is 55.1 Å². The van der Waals surface area contributed by atoms with Gasteiger partial charge >= 0.3 is 0 Å². The SMILES string of the molecule is NC(=O)[C@@H](NC/C=C/c1ccccc1)c1ccccc1. The van der Waals surface area contributed by atoms with Crippen LogP contribution < -0.4 is 11.1 Å². The Morgan fingerprint density at radius 3 is 2.25 bits per heavy atom. The van der Waals surface area contributed by atoms with Gasteiger partial charge in [0.05, 0.1) is 0 Å². The second kappa shape index (κ2) is 7.26. The average Bonchev–Trinajstić information content (AvgIpc) is 2.49. The molecule has 2 rings (SSSR count). The minimum absolute atomic E-state index is 0.371. The lowest BCUT2D eigenvalue weighted by Gasteiger charge is -2.14. The van der Waals surface area contributed by atoms with Crippen LogP contribution in [-0.2, 0) is 4.79 Å². The lowest BCUT2D eigenvalue weighted by molar-refractivity contribution is -0.120. The van der Waals surface area contributed by atoms with Gasteiger partial charge in [-0.1, -0.05) is 72.8 Å². The van der Waals surface area contributed by atoms with E-state index in [4.69, 9.17) is 5.73 Å². The van der Waals surface area contributed by atoms with Gasteiger partial charge in [0.25, 0.3) is 0 Å². The highest BCUT2D eigenvalue weighted by Crippen LogP contribution is 2.11. The Balaban J connectivity index is 1.94. The van der Waals surface area contributed by atoms with Gasteiger partial charge in [-0.15, -0.1) is 0 Å². The highest BCUT2D eigenvalue weighted by Gasteiger charge is 2.15. The van der Waals surface area contributed by atoms with Crippen molar-refractivity contribution in [3.63, 3.8) is 0 Å². The number of benzene rings is 2. The fraction of sp³-hybridized carbons (Fsp3) is 0.118. The quantitative estimate of drug-likeness (QED) is 0.844. The molecule has 3 heteroatoms. The standard InChI is InChI=1S/C17H18N2O/c18-17(20)16(15-11-5-2-6-12-15)19-13-7-10-14-8-3-1-4-9-14/h1-12,16,19H,13H2,(H2,18,20)/b10-7+/t16-/m0/s1. The van der Waals surface area contributed by atoms with Crippen LogP contribution in [0.25, 0.3) is 6.08 Å². The van der Waals surface area contributed by atoms with Crippen LogP contribution in [0.5, 0.6) is 0 Å². The molecule has 1 amide bonds. The first-order chi connectivity index (χ1) is 9.77. The van der Waals surface area contributed by atoms with Gasteiger partial charge in [0.1, 0.15) is 6.04 Å². The molecule has 0 saturated heterocycles. The normalized spacial score (nSPS) is 12.4. The summed E-state index contributed by atoms with van der Waals surface area (Å²) in [7, 11) is 0. The van der Waals surface area contributed by atoms with Gasteiger partial charge in [-0.25, -0.2) is 0 Å². The van der Waals surface area contributed by atoms with E-state index in [1.54, 1.807) is 0 Å². The summed E-state index contributed by atoms with van der Waals surface area (Å²) in [5.41, 5.74) is 7.45. The van der Waals surface area contributed by atoms with Crippen LogP contribution in [0.15, 0.2) is 66.7 Å². The maximum Gasteiger partial charge on any atom is 0.239 e.